The fourth-order valence-corrected chi connectivity index (χ4v) is 1.80. The zero-order chi connectivity index (χ0) is 16.3. The summed E-state index contributed by atoms with van der Waals surface area (Å²) < 4.78 is 12.1. The molecule has 1 heterocycles. The number of aromatic nitrogens is 2. The van der Waals surface area contributed by atoms with Gasteiger partial charge in [0.1, 0.15) is 0 Å². The lowest BCUT2D eigenvalue weighted by atomic mass is 10.2. The largest absolute Gasteiger partial charge is 0.436 e. The van der Waals surface area contributed by atoms with Gasteiger partial charge in [-0.25, -0.2) is 4.79 Å². The van der Waals surface area contributed by atoms with Gasteiger partial charge in [0.05, 0.1) is 31.6 Å². The van der Waals surface area contributed by atoms with Gasteiger partial charge >= 0.3 is 6.09 Å². The zero-order valence-electron chi connectivity index (χ0n) is 13.0. The molecule has 1 amide bonds. The number of nitrogens with one attached hydrogen (secondary N) is 1. The van der Waals surface area contributed by atoms with E-state index in [1.165, 1.54) is 0 Å². The molecule has 0 fully saturated rings. The van der Waals surface area contributed by atoms with E-state index in [1.54, 1.807) is 24.0 Å². The Morgan fingerprint density at radius 1 is 1.35 bits per heavy atom. The van der Waals surface area contributed by atoms with Crippen LogP contribution in [0.2, 0.25) is 0 Å². The number of ether oxygens (including phenoxy) is 2. The van der Waals surface area contributed by atoms with E-state index in [0.717, 1.165) is 5.56 Å². The van der Waals surface area contributed by atoms with Crippen LogP contribution < -0.4 is 5.32 Å². The summed E-state index contributed by atoms with van der Waals surface area (Å²) in [6, 6.07) is 9.97. The predicted octanol–water partition coefficient (Wildman–Crippen LogP) is 2.67. The van der Waals surface area contributed by atoms with Crippen LogP contribution >= 0.6 is 0 Å². The minimum atomic E-state index is -0.548. The van der Waals surface area contributed by atoms with E-state index >= 15 is 0 Å². The molecule has 0 atom stereocenters. The summed E-state index contributed by atoms with van der Waals surface area (Å²) in [5.74, 6) is 5.29. The number of anilines is 1. The van der Waals surface area contributed by atoms with Gasteiger partial charge in [-0.1, -0.05) is 36.3 Å². The molecule has 6 heteroatoms. The second-order valence-electron chi connectivity index (χ2n) is 4.66. The molecule has 2 rings (SSSR count). The summed E-state index contributed by atoms with van der Waals surface area (Å²) in [4.78, 5) is 11.5. The molecule has 6 nitrogen and oxygen atoms in total. The van der Waals surface area contributed by atoms with Gasteiger partial charge in [-0.2, -0.15) is 5.10 Å². The maximum absolute atomic E-state index is 11.5. The first-order valence-corrected chi connectivity index (χ1v) is 7.25. The maximum Gasteiger partial charge on any atom is 0.412 e. The van der Waals surface area contributed by atoms with Gasteiger partial charge in [-0.3, -0.25) is 10.00 Å². The molecule has 1 aromatic carbocycles. The Hall–Kier alpha value is -2.78. The van der Waals surface area contributed by atoms with Crippen molar-refractivity contribution in [3.8, 4) is 11.8 Å². The molecular formula is C17H19N3O3. The molecule has 0 saturated heterocycles. The van der Waals surface area contributed by atoms with Crippen LogP contribution in [0.4, 0.5) is 10.5 Å². The highest BCUT2D eigenvalue weighted by molar-refractivity contribution is 5.84. The summed E-state index contributed by atoms with van der Waals surface area (Å²) in [7, 11) is 0. The van der Waals surface area contributed by atoms with Gasteiger partial charge in [0, 0.05) is 6.20 Å². The van der Waals surface area contributed by atoms with Crippen molar-refractivity contribution in [3.05, 3.63) is 48.3 Å². The molecule has 0 aliphatic heterocycles. The Morgan fingerprint density at radius 3 is 2.96 bits per heavy atom. The third-order valence-electron chi connectivity index (χ3n) is 2.91. The van der Waals surface area contributed by atoms with Crippen LogP contribution in [0.1, 0.15) is 12.5 Å². The van der Waals surface area contributed by atoms with Crippen LogP contribution in [0.3, 0.4) is 0 Å². The molecule has 120 valence electrons. The molecule has 0 radical (unpaired) electrons. The van der Waals surface area contributed by atoms with E-state index in [0.29, 0.717) is 25.4 Å². The van der Waals surface area contributed by atoms with Crippen LogP contribution in [-0.2, 0) is 22.6 Å². The molecule has 0 aliphatic carbocycles. The maximum atomic E-state index is 11.5. The SMILES string of the molecule is CC#CCOC(=O)Nc1cnn(CCOCc2ccccc2)c1. The smallest absolute Gasteiger partial charge is 0.412 e. The Bertz CT molecular complexity index is 671. The molecular weight excluding hydrogens is 294 g/mol. The van der Waals surface area contributed by atoms with E-state index in [9.17, 15) is 4.79 Å². The van der Waals surface area contributed by atoms with Crippen molar-refractivity contribution < 1.29 is 14.3 Å². The number of hydrogen-bond donors (Lipinski definition) is 1. The second-order valence-corrected chi connectivity index (χ2v) is 4.66. The average molecular weight is 313 g/mol. The first kappa shape index (κ1) is 16.6. The Kier molecular flexibility index (Phi) is 6.69. The number of rotatable bonds is 7. The van der Waals surface area contributed by atoms with Crippen molar-refractivity contribution in [2.75, 3.05) is 18.5 Å². The number of carbonyl (C=O) groups excluding carboxylic acids is 1. The van der Waals surface area contributed by atoms with Crippen molar-refractivity contribution in [3.63, 3.8) is 0 Å². The first-order valence-electron chi connectivity index (χ1n) is 7.25. The van der Waals surface area contributed by atoms with Crippen molar-refractivity contribution in [2.45, 2.75) is 20.1 Å². The van der Waals surface area contributed by atoms with Gasteiger partial charge < -0.3 is 9.47 Å². The molecule has 0 spiro atoms. The number of nitrogens with zero attached hydrogens (tertiary/aromatic N) is 2. The van der Waals surface area contributed by atoms with Gasteiger partial charge in [0.15, 0.2) is 6.61 Å². The highest BCUT2D eigenvalue weighted by Crippen LogP contribution is 2.06. The lowest BCUT2D eigenvalue weighted by Gasteiger charge is -2.04. The fraction of sp³-hybridized carbons (Fsp3) is 0.294. The van der Waals surface area contributed by atoms with E-state index in [1.807, 2.05) is 30.3 Å². The third-order valence-corrected chi connectivity index (χ3v) is 2.91. The van der Waals surface area contributed by atoms with Crippen LogP contribution in [-0.4, -0.2) is 29.1 Å². The van der Waals surface area contributed by atoms with Gasteiger partial charge in [0.2, 0.25) is 0 Å². The lowest BCUT2D eigenvalue weighted by molar-refractivity contribution is 0.111. The van der Waals surface area contributed by atoms with Crippen LogP contribution in [0.15, 0.2) is 42.7 Å². The Labute approximate surface area is 135 Å². The molecule has 0 unspecified atom stereocenters. The number of amides is 1. The fourth-order valence-electron chi connectivity index (χ4n) is 1.80. The molecule has 1 N–H and O–H groups in total. The minimum Gasteiger partial charge on any atom is -0.436 e. The molecule has 0 saturated carbocycles. The van der Waals surface area contributed by atoms with Gasteiger partial charge in [0.25, 0.3) is 0 Å². The highest BCUT2D eigenvalue weighted by atomic mass is 16.5. The molecule has 23 heavy (non-hydrogen) atoms. The van der Waals surface area contributed by atoms with Crippen molar-refractivity contribution in [2.24, 2.45) is 0 Å². The summed E-state index contributed by atoms with van der Waals surface area (Å²) in [5.41, 5.74) is 1.70. The topological polar surface area (TPSA) is 65.4 Å². The molecule has 1 aromatic heterocycles. The summed E-state index contributed by atoms with van der Waals surface area (Å²) in [6.45, 7) is 3.46. The summed E-state index contributed by atoms with van der Waals surface area (Å²) >= 11 is 0. The standard InChI is InChI=1S/C17H19N3O3/c1-2-3-10-23-17(21)19-16-12-18-20(13-16)9-11-22-14-15-7-5-4-6-8-15/h4-8,12-13H,9-11,14H2,1H3,(H,19,21). The van der Waals surface area contributed by atoms with Crippen molar-refractivity contribution >= 4 is 11.8 Å². The number of carbonyl (C=O) groups is 1. The average Bonchev–Trinajstić information content (AvgIpc) is 3.00. The van der Waals surface area contributed by atoms with Gasteiger partial charge in [-0.05, 0) is 12.5 Å². The summed E-state index contributed by atoms with van der Waals surface area (Å²) in [5, 5.41) is 6.73. The summed E-state index contributed by atoms with van der Waals surface area (Å²) in [6.07, 6.45) is 2.73. The molecule has 2 aromatic rings. The first-order chi connectivity index (χ1) is 11.3. The number of hydrogen-bond acceptors (Lipinski definition) is 4. The normalized spacial score (nSPS) is 9.78. The lowest BCUT2D eigenvalue weighted by Crippen LogP contribution is -2.13. The quantitative estimate of drug-likeness (QED) is 0.630. The second kappa shape index (κ2) is 9.28. The number of benzene rings is 1. The van der Waals surface area contributed by atoms with E-state index in [4.69, 9.17) is 9.47 Å². The van der Waals surface area contributed by atoms with E-state index < -0.39 is 6.09 Å². The third kappa shape index (κ3) is 6.24. The van der Waals surface area contributed by atoms with Crippen molar-refractivity contribution in [1.29, 1.82) is 0 Å². The van der Waals surface area contributed by atoms with Crippen molar-refractivity contribution in [1.82, 2.24) is 9.78 Å². The monoisotopic (exact) mass is 313 g/mol. The highest BCUT2D eigenvalue weighted by Gasteiger charge is 2.04. The van der Waals surface area contributed by atoms with E-state index in [2.05, 4.69) is 22.3 Å². The predicted molar refractivity (Wildman–Crippen MR) is 86.7 cm³/mol. The Morgan fingerprint density at radius 2 is 2.17 bits per heavy atom. The zero-order valence-corrected chi connectivity index (χ0v) is 13.0. The molecule has 0 bridgehead atoms. The molecule has 0 aliphatic rings. The Balaban J connectivity index is 1.67. The van der Waals surface area contributed by atoms with E-state index in [-0.39, 0.29) is 6.61 Å². The van der Waals surface area contributed by atoms with Crippen LogP contribution in [0, 0.1) is 11.8 Å². The van der Waals surface area contributed by atoms with Crippen LogP contribution in [0.5, 0.6) is 0 Å². The minimum absolute atomic E-state index is 0.0732. The van der Waals surface area contributed by atoms with Gasteiger partial charge in [-0.15, -0.1) is 5.92 Å². The van der Waals surface area contributed by atoms with Crippen LogP contribution in [0.25, 0.3) is 0 Å².